The average Bonchev–Trinajstić information content (AvgIpc) is 3.72. The van der Waals surface area contributed by atoms with E-state index in [-0.39, 0.29) is 0 Å². The lowest BCUT2D eigenvalue weighted by molar-refractivity contribution is 0.476. The molecule has 3 heteroatoms. The summed E-state index contributed by atoms with van der Waals surface area (Å²) in [6.07, 6.45) is 0. The first-order valence-corrected chi connectivity index (χ1v) is 22.2. The number of fused-ring (bicyclic) bond motifs is 8. The Balaban J connectivity index is 0.939. The van der Waals surface area contributed by atoms with Gasteiger partial charge in [-0.25, -0.2) is 0 Å². The molecule has 0 spiro atoms. The first-order chi connectivity index (χ1) is 32.2. The van der Waals surface area contributed by atoms with E-state index in [4.69, 9.17) is 4.74 Å². The van der Waals surface area contributed by atoms with Crippen molar-refractivity contribution < 1.29 is 4.74 Å². The normalized spacial score (nSPS) is 11.8. The van der Waals surface area contributed by atoms with Crippen LogP contribution in [-0.2, 0) is 0 Å². The Morgan fingerprint density at radius 3 is 1.69 bits per heavy atom. The molecule has 1 aliphatic heterocycles. The molecule has 0 unspecified atom stereocenters. The van der Waals surface area contributed by atoms with Crippen LogP contribution in [0.25, 0.3) is 93.5 Å². The molecule has 0 amide bonds. The largest absolute Gasteiger partial charge is 0.453 e. The fraction of sp³-hybridized carbons (Fsp3) is 0. The highest BCUT2D eigenvalue weighted by Crippen LogP contribution is 2.48. The highest BCUT2D eigenvalue weighted by atomic mass is 16.5. The number of rotatable bonds is 7. The van der Waals surface area contributed by atoms with Crippen LogP contribution in [0.15, 0.2) is 243 Å². The number of benzene rings is 11. The molecule has 1 aromatic heterocycles. The van der Waals surface area contributed by atoms with Gasteiger partial charge in [0, 0.05) is 27.7 Å². The van der Waals surface area contributed by atoms with Gasteiger partial charge in [-0.3, -0.25) is 0 Å². The number of ether oxygens (including phenoxy) is 1. The summed E-state index contributed by atoms with van der Waals surface area (Å²) in [6.45, 7) is 0. The van der Waals surface area contributed by atoms with Gasteiger partial charge in [0.15, 0.2) is 11.5 Å². The third-order valence-corrected chi connectivity index (χ3v) is 13.2. The molecule has 0 radical (unpaired) electrons. The van der Waals surface area contributed by atoms with Gasteiger partial charge in [0.1, 0.15) is 0 Å². The van der Waals surface area contributed by atoms with Crippen molar-refractivity contribution in [3.63, 3.8) is 0 Å². The monoisotopic (exact) mass is 828 g/mol. The van der Waals surface area contributed by atoms with E-state index < -0.39 is 0 Å². The lowest BCUT2D eigenvalue weighted by atomic mass is 9.94. The van der Waals surface area contributed by atoms with Crippen LogP contribution in [0.1, 0.15) is 0 Å². The molecule has 0 N–H and O–H groups in total. The summed E-state index contributed by atoms with van der Waals surface area (Å²) in [6, 6.07) is 87.8. The lowest BCUT2D eigenvalue weighted by Crippen LogP contribution is -2.11. The summed E-state index contributed by atoms with van der Waals surface area (Å²) in [4.78, 5) is 2.40. The van der Waals surface area contributed by atoms with Gasteiger partial charge >= 0.3 is 0 Å². The highest BCUT2D eigenvalue weighted by Gasteiger charge is 2.25. The molecule has 11 aromatic carbocycles. The maximum atomic E-state index is 6.45. The van der Waals surface area contributed by atoms with Crippen molar-refractivity contribution >= 4 is 60.4 Å². The number of para-hydroxylation sites is 4. The molecule has 65 heavy (non-hydrogen) atoms. The molecule has 0 saturated carbocycles. The second-order valence-corrected chi connectivity index (χ2v) is 16.9. The third-order valence-electron chi connectivity index (χ3n) is 13.2. The SMILES string of the molecule is c1ccc(-c2ccc(-c3ccc(N(c4ccc(-c5cccc6c5ccc5ccccc56)cc4)c4ccccc4-c4ccc5c(c4)c4cccc6c4n5-c4ccccc4O6)cc3)cc2)cc1. The van der Waals surface area contributed by atoms with E-state index >= 15 is 0 Å². The van der Waals surface area contributed by atoms with Crippen molar-refractivity contribution in [3.8, 4) is 61.7 Å². The van der Waals surface area contributed by atoms with E-state index in [1.165, 1.54) is 65.7 Å². The highest BCUT2D eigenvalue weighted by molar-refractivity contribution is 6.14. The van der Waals surface area contributed by atoms with Gasteiger partial charge in [-0.05, 0) is 121 Å². The third kappa shape index (κ3) is 6.12. The fourth-order valence-corrected chi connectivity index (χ4v) is 10.1. The molecule has 13 rings (SSSR count). The van der Waals surface area contributed by atoms with Gasteiger partial charge in [-0.1, -0.05) is 182 Å². The van der Waals surface area contributed by atoms with E-state index in [0.717, 1.165) is 56.4 Å². The molecular formula is C62H40N2O. The molecule has 3 nitrogen and oxygen atoms in total. The molecule has 2 heterocycles. The van der Waals surface area contributed by atoms with Gasteiger partial charge < -0.3 is 14.2 Å². The zero-order chi connectivity index (χ0) is 42.8. The number of hydrogen-bond donors (Lipinski definition) is 0. The van der Waals surface area contributed by atoms with E-state index in [1.807, 2.05) is 12.1 Å². The van der Waals surface area contributed by atoms with Crippen molar-refractivity contribution in [1.29, 1.82) is 0 Å². The van der Waals surface area contributed by atoms with E-state index in [1.54, 1.807) is 0 Å². The van der Waals surface area contributed by atoms with Crippen molar-refractivity contribution in [2.45, 2.75) is 0 Å². The van der Waals surface area contributed by atoms with Crippen LogP contribution >= 0.6 is 0 Å². The zero-order valence-electron chi connectivity index (χ0n) is 35.4. The van der Waals surface area contributed by atoms with Crippen LogP contribution in [0.3, 0.4) is 0 Å². The Hall–Kier alpha value is -8.66. The molecule has 0 bridgehead atoms. The van der Waals surface area contributed by atoms with Crippen LogP contribution in [-0.4, -0.2) is 4.57 Å². The number of aromatic nitrogens is 1. The van der Waals surface area contributed by atoms with E-state index in [0.29, 0.717) is 0 Å². The van der Waals surface area contributed by atoms with Crippen LogP contribution in [0.4, 0.5) is 17.1 Å². The first kappa shape index (κ1) is 36.9. The molecule has 304 valence electrons. The minimum Gasteiger partial charge on any atom is -0.453 e. The van der Waals surface area contributed by atoms with Gasteiger partial charge in [0.25, 0.3) is 0 Å². The Bertz CT molecular complexity index is 3770. The minimum atomic E-state index is 0.866. The predicted molar refractivity (Wildman–Crippen MR) is 272 cm³/mol. The average molecular weight is 829 g/mol. The van der Waals surface area contributed by atoms with E-state index in [9.17, 15) is 0 Å². The Morgan fingerprint density at radius 2 is 0.892 bits per heavy atom. The summed E-state index contributed by atoms with van der Waals surface area (Å²) >= 11 is 0. The second kappa shape index (κ2) is 15.0. The Labute approximate surface area is 377 Å². The summed E-state index contributed by atoms with van der Waals surface area (Å²) in [5.74, 6) is 1.74. The minimum absolute atomic E-state index is 0.866. The maximum Gasteiger partial charge on any atom is 0.152 e. The van der Waals surface area contributed by atoms with Crippen LogP contribution in [0.2, 0.25) is 0 Å². The van der Waals surface area contributed by atoms with Crippen LogP contribution < -0.4 is 9.64 Å². The van der Waals surface area contributed by atoms with Gasteiger partial charge in [-0.15, -0.1) is 0 Å². The first-order valence-electron chi connectivity index (χ1n) is 22.2. The summed E-state index contributed by atoms with van der Waals surface area (Å²) in [7, 11) is 0. The molecule has 12 aromatic rings. The van der Waals surface area contributed by atoms with Crippen molar-refractivity contribution in [1.82, 2.24) is 4.57 Å². The quantitative estimate of drug-likeness (QED) is 0.149. The standard InChI is InChI=1S/C62H40N2O/c1-2-12-41(13-3-1)42-24-26-43(27-25-42)44-28-34-48(35-29-44)63(49-36-30-46(31-37-49)51-17-10-18-53-50-15-5-4-14-45(50)32-38-54(51)53)57-20-7-6-16-52(57)47-33-39-58-56(40-47)55-19-11-23-61-62(55)64(58)59-21-8-9-22-60(59)65-61/h1-40H. The van der Waals surface area contributed by atoms with Crippen LogP contribution in [0, 0.1) is 0 Å². The van der Waals surface area contributed by atoms with Crippen molar-refractivity contribution in [2.24, 2.45) is 0 Å². The summed E-state index contributed by atoms with van der Waals surface area (Å²) in [5.41, 5.74) is 16.0. The van der Waals surface area contributed by atoms with Crippen LogP contribution in [0.5, 0.6) is 11.5 Å². The Kier molecular flexibility index (Phi) is 8.53. The second-order valence-electron chi connectivity index (χ2n) is 16.9. The van der Waals surface area contributed by atoms with Gasteiger partial charge in [0.2, 0.25) is 0 Å². The predicted octanol–water partition coefficient (Wildman–Crippen LogP) is 17.3. The molecular weight excluding hydrogens is 789 g/mol. The molecule has 1 aliphatic rings. The molecule has 0 atom stereocenters. The molecule has 0 aliphatic carbocycles. The lowest BCUT2D eigenvalue weighted by Gasteiger charge is -2.28. The number of hydrogen-bond acceptors (Lipinski definition) is 2. The van der Waals surface area contributed by atoms with Crippen molar-refractivity contribution in [2.75, 3.05) is 4.90 Å². The molecule has 0 saturated heterocycles. The van der Waals surface area contributed by atoms with Gasteiger partial charge in [0.05, 0.1) is 22.4 Å². The number of nitrogens with zero attached hydrogens (tertiary/aromatic N) is 2. The smallest absolute Gasteiger partial charge is 0.152 e. The number of anilines is 3. The Morgan fingerprint density at radius 1 is 0.323 bits per heavy atom. The molecule has 0 fully saturated rings. The van der Waals surface area contributed by atoms with Crippen molar-refractivity contribution in [3.05, 3.63) is 243 Å². The fourth-order valence-electron chi connectivity index (χ4n) is 10.1. The topological polar surface area (TPSA) is 17.4 Å². The summed E-state index contributed by atoms with van der Waals surface area (Å²) in [5, 5.41) is 7.41. The van der Waals surface area contributed by atoms with E-state index in [2.05, 4.69) is 240 Å². The zero-order valence-corrected chi connectivity index (χ0v) is 35.4. The van der Waals surface area contributed by atoms with Gasteiger partial charge in [-0.2, -0.15) is 0 Å². The maximum absolute atomic E-state index is 6.45. The summed E-state index contributed by atoms with van der Waals surface area (Å²) < 4.78 is 8.81.